The number of imide groups is 1. The Morgan fingerprint density at radius 1 is 1.39 bits per heavy atom. The van der Waals surface area contributed by atoms with Crippen LogP contribution in [-0.2, 0) is 16.1 Å². The molecule has 0 saturated carbocycles. The van der Waals surface area contributed by atoms with E-state index >= 15 is 0 Å². The zero-order chi connectivity index (χ0) is 12.3. The van der Waals surface area contributed by atoms with E-state index in [9.17, 15) is 9.59 Å². The van der Waals surface area contributed by atoms with Crippen molar-refractivity contribution in [2.24, 2.45) is 5.73 Å². The Balaban J connectivity index is 0.00000162. The van der Waals surface area contributed by atoms with E-state index in [1.807, 2.05) is 30.3 Å². The van der Waals surface area contributed by atoms with E-state index in [-0.39, 0.29) is 24.9 Å². The van der Waals surface area contributed by atoms with Crippen LogP contribution in [0.2, 0.25) is 0 Å². The number of carbonyl (C=O) groups is 2. The van der Waals surface area contributed by atoms with Crippen molar-refractivity contribution in [3.05, 3.63) is 35.9 Å². The number of likely N-dealkylation sites (tertiary alicyclic amines) is 1. The summed E-state index contributed by atoms with van der Waals surface area (Å²) in [6, 6.07) is 8.74. The molecule has 2 amide bonds. The van der Waals surface area contributed by atoms with E-state index < -0.39 is 12.1 Å². The lowest BCUT2D eigenvalue weighted by atomic mass is 10.2. The molecule has 98 valence electrons. The monoisotopic (exact) mass is 270 g/mol. The lowest BCUT2D eigenvalue weighted by Gasteiger charge is -2.13. The lowest BCUT2D eigenvalue weighted by Crippen LogP contribution is -2.38. The number of nitrogens with two attached hydrogens (primary N) is 1. The molecule has 0 aromatic heterocycles. The molecule has 1 heterocycles. The fraction of sp³-hybridized carbons (Fsp3) is 0.333. The number of ether oxygens (including phenoxy) is 1. The standard InChI is InChI=1S/C12H14N2O3.ClH/c13-10-6-7-14(11(10)15)12(16)17-8-9-4-2-1-3-5-9;/h1-5,10H,6-8,13H2;1H/t10-;/m1./s1. The highest BCUT2D eigenvalue weighted by Gasteiger charge is 2.34. The van der Waals surface area contributed by atoms with Gasteiger partial charge in [-0.05, 0) is 12.0 Å². The minimum absolute atomic E-state index is 0. The van der Waals surface area contributed by atoms with Crippen LogP contribution in [-0.4, -0.2) is 29.5 Å². The molecule has 0 spiro atoms. The van der Waals surface area contributed by atoms with Gasteiger partial charge in [-0.3, -0.25) is 4.79 Å². The zero-order valence-corrected chi connectivity index (χ0v) is 10.6. The predicted octanol–water partition coefficient (Wildman–Crippen LogP) is 1.30. The summed E-state index contributed by atoms with van der Waals surface area (Å²) in [5.41, 5.74) is 6.40. The highest BCUT2D eigenvalue weighted by Crippen LogP contribution is 2.11. The first kappa shape index (κ1) is 14.5. The number of rotatable bonds is 2. The minimum Gasteiger partial charge on any atom is -0.444 e. The largest absolute Gasteiger partial charge is 0.444 e. The van der Waals surface area contributed by atoms with Crippen molar-refractivity contribution in [1.29, 1.82) is 0 Å². The molecule has 1 aliphatic heterocycles. The second-order valence-corrected chi connectivity index (χ2v) is 3.93. The summed E-state index contributed by atoms with van der Waals surface area (Å²) >= 11 is 0. The number of halogens is 1. The first-order valence-corrected chi connectivity index (χ1v) is 5.46. The Bertz CT molecular complexity index is 425. The molecule has 1 aromatic rings. The molecule has 1 atom stereocenters. The predicted molar refractivity (Wildman–Crippen MR) is 68.2 cm³/mol. The van der Waals surface area contributed by atoms with Gasteiger partial charge < -0.3 is 10.5 Å². The summed E-state index contributed by atoms with van der Waals surface area (Å²) in [5.74, 6) is -0.358. The molecule has 1 aliphatic rings. The Labute approximate surface area is 111 Å². The third kappa shape index (κ3) is 3.21. The second kappa shape index (κ2) is 6.37. The van der Waals surface area contributed by atoms with Crippen LogP contribution in [0.3, 0.4) is 0 Å². The maximum atomic E-state index is 11.6. The third-order valence-corrected chi connectivity index (χ3v) is 2.67. The smallest absolute Gasteiger partial charge is 0.416 e. The van der Waals surface area contributed by atoms with Crippen LogP contribution in [0.15, 0.2) is 30.3 Å². The fourth-order valence-corrected chi connectivity index (χ4v) is 1.68. The van der Waals surface area contributed by atoms with Crippen molar-refractivity contribution in [3.63, 3.8) is 0 Å². The fourth-order valence-electron chi connectivity index (χ4n) is 1.68. The summed E-state index contributed by atoms with van der Waals surface area (Å²) < 4.78 is 5.04. The number of amides is 2. The Morgan fingerprint density at radius 3 is 2.61 bits per heavy atom. The van der Waals surface area contributed by atoms with Crippen molar-refractivity contribution in [3.8, 4) is 0 Å². The van der Waals surface area contributed by atoms with Crippen LogP contribution in [0.5, 0.6) is 0 Å². The molecular weight excluding hydrogens is 256 g/mol. The first-order valence-electron chi connectivity index (χ1n) is 5.46. The highest BCUT2D eigenvalue weighted by molar-refractivity contribution is 5.96. The molecule has 1 saturated heterocycles. The van der Waals surface area contributed by atoms with Gasteiger partial charge in [0.15, 0.2) is 0 Å². The van der Waals surface area contributed by atoms with Gasteiger partial charge in [-0.25, -0.2) is 9.69 Å². The molecule has 18 heavy (non-hydrogen) atoms. The van der Waals surface area contributed by atoms with Crippen LogP contribution in [0.4, 0.5) is 4.79 Å². The topological polar surface area (TPSA) is 72.6 Å². The van der Waals surface area contributed by atoms with Crippen molar-refractivity contribution in [2.45, 2.75) is 19.1 Å². The van der Waals surface area contributed by atoms with Gasteiger partial charge in [0.25, 0.3) is 0 Å². The van der Waals surface area contributed by atoms with Crippen molar-refractivity contribution in [1.82, 2.24) is 4.90 Å². The van der Waals surface area contributed by atoms with Crippen LogP contribution in [0, 0.1) is 0 Å². The number of hydrogen-bond acceptors (Lipinski definition) is 4. The van der Waals surface area contributed by atoms with Crippen molar-refractivity contribution in [2.75, 3.05) is 6.54 Å². The highest BCUT2D eigenvalue weighted by atomic mass is 35.5. The quantitative estimate of drug-likeness (QED) is 0.879. The van der Waals surface area contributed by atoms with Gasteiger partial charge in [-0.15, -0.1) is 12.4 Å². The van der Waals surface area contributed by atoms with Gasteiger partial charge >= 0.3 is 6.09 Å². The average molecular weight is 271 g/mol. The third-order valence-electron chi connectivity index (χ3n) is 2.67. The molecular formula is C12H15ClN2O3. The Kier molecular flexibility index (Phi) is 5.12. The molecule has 6 heteroatoms. The van der Waals surface area contributed by atoms with Gasteiger partial charge in [0, 0.05) is 6.54 Å². The SMILES string of the molecule is Cl.N[C@@H]1CCN(C(=O)OCc2ccccc2)C1=O. The van der Waals surface area contributed by atoms with Gasteiger partial charge in [0.1, 0.15) is 6.61 Å². The van der Waals surface area contributed by atoms with Gasteiger partial charge in [0.2, 0.25) is 5.91 Å². The van der Waals surface area contributed by atoms with Crippen LogP contribution in [0.1, 0.15) is 12.0 Å². The van der Waals surface area contributed by atoms with E-state index in [0.717, 1.165) is 10.5 Å². The van der Waals surface area contributed by atoms with E-state index in [4.69, 9.17) is 10.5 Å². The summed E-state index contributed by atoms with van der Waals surface area (Å²) in [7, 11) is 0. The molecule has 1 aromatic carbocycles. The number of benzene rings is 1. The molecule has 0 aliphatic carbocycles. The lowest BCUT2D eigenvalue weighted by molar-refractivity contribution is -0.127. The van der Waals surface area contributed by atoms with Crippen LogP contribution in [0.25, 0.3) is 0 Å². The second-order valence-electron chi connectivity index (χ2n) is 3.93. The van der Waals surface area contributed by atoms with Gasteiger partial charge in [-0.1, -0.05) is 30.3 Å². The number of nitrogens with zero attached hydrogens (tertiary/aromatic N) is 1. The number of carbonyl (C=O) groups excluding carboxylic acids is 2. The average Bonchev–Trinajstić information content (AvgIpc) is 2.69. The van der Waals surface area contributed by atoms with E-state index in [2.05, 4.69) is 0 Å². The van der Waals surface area contributed by atoms with E-state index in [0.29, 0.717) is 13.0 Å². The van der Waals surface area contributed by atoms with Crippen LogP contribution < -0.4 is 5.73 Å². The van der Waals surface area contributed by atoms with E-state index in [1.54, 1.807) is 0 Å². The molecule has 5 nitrogen and oxygen atoms in total. The van der Waals surface area contributed by atoms with Crippen molar-refractivity contribution >= 4 is 24.4 Å². The summed E-state index contributed by atoms with van der Waals surface area (Å²) in [5, 5.41) is 0. The van der Waals surface area contributed by atoms with Gasteiger partial charge in [-0.2, -0.15) is 0 Å². The van der Waals surface area contributed by atoms with Crippen molar-refractivity contribution < 1.29 is 14.3 Å². The summed E-state index contributed by atoms with van der Waals surface area (Å²) in [6.45, 7) is 0.506. The molecule has 1 fully saturated rings. The van der Waals surface area contributed by atoms with E-state index in [1.165, 1.54) is 0 Å². The Hall–Kier alpha value is -1.59. The molecule has 2 rings (SSSR count). The van der Waals surface area contributed by atoms with Gasteiger partial charge in [0.05, 0.1) is 6.04 Å². The first-order chi connectivity index (χ1) is 8.18. The number of hydrogen-bond donors (Lipinski definition) is 1. The molecule has 0 radical (unpaired) electrons. The Morgan fingerprint density at radius 2 is 2.06 bits per heavy atom. The maximum Gasteiger partial charge on any atom is 0.416 e. The zero-order valence-electron chi connectivity index (χ0n) is 9.74. The molecule has 0 unspecified atom stereocenters. The minimum atomic E-state index is -0.619. The summed E-state index contributed by atoms with van der Waals surface area (Å²) in [6.07, 6.45) is -0.119. The maximum absolute atomic E-state index is 11.6. The molecule has 2 N–H and O–H groups in total. The summed E-state index contributed by atoms with van der Waals surface area (Å²) in [4.78, 5) is 24.1. The van der Waals surface area contributed by atoms with Crippen LogP contribution >= 0.6 is 12.4 Å². The molecule has 0 bridgehead atoms. The normalized spacial score (nSPS) is 18.4.